The smallest absolute Gasteiger partial charge is 0.263 e. The third kappa shape index (κ3) is 4.54. The summed E-state index contributed by atoms with van der Waals surface area (Å²) in [5.41, 5.74) is 0.864. The van der Waals surface area contributed by atoms with E-state index in [9.17, 15) is 4.79 Å². The van der Waals surface area contributed by atoms with Gasteiger partial charge in [0.1, 0.15) is 0 Å². The zero-order valence-electron chi connectivity index (χ0n) is 10.4. The summed E-state index contributed by atoms with van der Waals surface area (Å²) in [6, 6.07) is 7.17. The van der Waals surface area contributed by atoms with Gasteiger partial charge in [-0.05, 0) is 17.7 Å². The lowest BCUT2D eigenvalue weighted by atomic mass is 10.2. The lowest BCUT2D eigenvalue weighted by Gasteiger charge is -2.26. The molecular weight excluding hydrogens is 268 g/mol. The molecular formula is C13H15ClN2O3. The molecule has 5 nitrogen and oxygen atoms in total. The SMILES string of the molecule is O=C(CON=Cc1ccc(Cl)cc1)N1CCOCC1. The van der Waals surface area contributed by atoms with Gasteiger partial charge in [-0.1, -0.05) is 28.9 Å². The van der Waals surface area contributed by atoms with E-state index < -0.39 is 0 Å². The number of hydrogen-bond donors (Lipinski definition) is 0. The van der Waals surface area contributed by atoms with Gasteiger partial charge in [-0.3, -0.25) is 4.79 Å². The molecule has 0 spiro atoms. The first-order chi connectivity index (χ1) is 9.25. The van der Waals surface area contributed by atoms with Crippen LogP contribution in [0.15, 0.2) is 29.4 Å². The van der Waals surface area contributed by atoms with Crippen molar-refractivity contribution in [2.75, 3.05) is 32.9 Å². The third-order valence-corrected chi connectivity index (χ3v) is 2.95. The maximum Gasteiger partial charge on any atom is 0.263 e. The van der Waals surface area contributed by atoms with Crippen LogP contribution in [0.3, 0.4) is 0 Å². The number of hydrogen-bond acceptors (Lipinski definition) is 4. The quantitative estimate of drug-likeness (QED) is 0.622. The molecule has 0 radical (unpaired) electrons. The average Bonchev–Trinajstić information content (AvgIpc) is 2.46. The Morgan fingerprint density at radius 3 is 2.74 bits per heavy atom. The molecule has 1 amide bonds. The van der Waals surface area contributed by atoms with Gasteiger partial charge < -0.3 is 14.5 Å². The number of oxime groups is 1. The maximum absolute atomic E-state index is 11.7. The molecule has 1 aromatic rings. The molecule has 0 aliphatic carbocycles. The van der Waals surface area contributed by atoms with Gasteiger partial charge in [-0.15, -0.1) is 0 Å². The predicted octanol–water partition coefficient (Wildman–Crippen LogP) is 1.55. The van der Waals surface area contributed by atoms with E-state index in [1.54, 1.807) is 23.2 Å². The number of morpholine rings is 1. The number of halogens is 1. The number of benzene rings is 1. The summed E-state index contributed by atoms with van der Waals surface area (Å²) in [4.78, 5) is 18.4. The van der Waals surface area contributed by atoms with Gasteiger partial charge in [0.15, 0.2) is 6.61 Å². The second-order valence-corrected chi connectivity index (χ2v) is 4.49. The molecule has 0 bridgehead atoms. The molecule has 1 heterocycles. The van der Waals surface area contributed by atoms with Crippen molar-refractivity contribution < 1.29 is 14.4 Å². The van der Waals surface area contributed by atoms with Gasteiger partial charge in [-0.25, -0.2) is 0 Å². The number of carbonyl (C=O) groups is 1. The zero-order chi connectivity index (χ0) is 13.5. The minimum absolute atomic E-state index is 0.0515. The van der Waals surface area contributed by atoms with Gasteiger partial charge in [-0.2, -0.15) is 0 Å². The van der Waals surface area contributed by atoms with Gasteiger partial charge in [0.2, 0.25) is 0 Å². The van der Waals surface area contributed by atoms with Crippen molar-refractivity contribution >= 4 is 23.7 Å². The van der Waals surface area contributed by atoms with Crippen LogP contribution < -0.4 is 0 Å². The highest BCUT2D eigenvalue weighted by molar-refractivity contribution is 6.30. The fraction of sp³-hybridized carbons (Fsp3) is 0.385. The minimum atomic E-state index is -0.0726. The molecule has 1 aromatic carbocycles. The van der Waals surface area contributed by atoms with E-state index in [1.165, 1.54) is 0 Å². The first-order valence-electron chi connectivity index (χ1n) is 6.02. The molecule has 6 heteroatoms. The topological polar surface area (TPSA) is 51.1 Å². The molecule has 0 atom stereocenters. The minimum Gasteiger partial charge on any atom is -0.386 e. The average molecular weight is 283 g/mol. The highest BCUT2D eigenvalue weighted by Crippen LogP contribution is 2.07. The molecule has 0 aromatic heterocycles. The van der Waals surface area contributed by atoms with Crippen LogP contribution in [0.5, 0.6) is 0 Å². The second-order valence-electron chi connectivity index (χ2n) is 4.05. The molecule has 0 saturated carbocycles. The zero-order valence-corrected chi connectivity index (χ0v) is 11.2. The van der Waals surface area contributed by atoms with Crippen LogP contribution in [-0.4, -0.2) is 49.9 Å². The first kappa shape index (κ1) is 13.8. The highest BCUT2D eigenvalue weighted by Gasteiger charge is 2.16. The van der Waals surface area contributed by atoms with E-state index in [0.717, 1.165) is 5.56 Å². The van der Waals surface area contributed by atoms with Gasteiger partial charge >= 0.3 is 0 Å². The van der Waals surface area contributed by atoms with E-state index >= 15 is 0 Å². The Bertz CT molecular complexity index is 442. The van der Waals surface area contributed by atoms with Gasteiger partial charge in [0.05, 0.1) is 19.4 Å². The van der Waals surface area contributed by atoms with Crippen molar-refractivity contribution in [2.24, 2.45) is 5.16 Å². The van der Waals surface area contributed by atoms with Gasteiger partial charge in [0.25, 0.3) is 5.91 Å². The van der Waals surface area contributed by atoms with Crippen LogP contribution in [-0.2, 0) is 14.4 Å². The summed E-state index contributed by atoms with van der Waals surface area (Å²) < 4.78 is 5.17. The summed E-state index contributed by atoms with van der Waals surface area (Å²) in [6.07, 6.45) is 1.54. The van der Waals surface area contributed by atoms with E-state index in [2.05, 4.69) is 5.16 Å². The third-order valence-electron chi connectivity index (χ3n) is 2.70. The van der Waals surface area contributed by atoms with Crippen molar-refractivity contribution in [2.45, 2.75) is 0 Å². The number of rotatable bonds is 4. The van der Waals surface area contributed by atoms with Gasteiger partial charge in [0, 0.05) is 18.1 Å². The summed E-state index contributed by atoms with van der Waals surface area (Å²) in [5.74, 6) is -0.0726. The molecule has 2 rings (SSSR count). The van der Waals surface area contributed by atoms with Crippen LogP contribution in [0, 0.1) is 0 Å². The van der Waals surface area contributed by atoms with Crippen molar-refractivity contribution in [1.29, 1.82) is 0 Å². The lowest BCUT2D eigenvalue weighted by molar-refractivity contribution is -0.140. The van der Waals surface area contributed by atoms with E-state index in [-0.39, 0.29) is 12.5 Å². The molecule has 0 N–H and O–H groups in total. The fourth-order valence-corrected chi connectivity index (χ4v) is 1.77. The Morgan fingerprint density at radius 2 is 2.05 bits per heavy atom. The molecule has 1 aliphatic rings. The summed E-state index contributed by atoms with van der Waals surface area (Å²) in [5, 5.41) is 4.43. The number of amides is 1. The standard InChI is InChI=1S/C13H15ClN2O3/c14-12-3-1-11(2-4-12)9-15-19-10-13(17)16-5-7-18-8-6-16/h1-4,9H,5-8,10H2. The Morgan fingerprint density at radius 1 is 1.37 bits per heavy atom. The van der Waals surface area contributed by atoms with Crippen LogP contribution in [0.2, 0.25) is 5.02 Å². The second kappa shape index (κ2) is 7.11. The Hall–Kier alpha value is -1.59. The normalized spacial score (nSPS) is 15.7. The number of ether oxygens (including phenoxy) is 1. The van der Waals surface area contributed by atoms with Crippen LogP contribution in [0.25, 0.3) is 0 Å². The van der Waals surface area contributed by atoms with Crippen molar-refractivity contribution in [3.63, 3.8) is 0 Å². The van der Waals surface area contributed by atoms with Crippen LogP contribution in [0.1, 0.15) is 5.56 Å². The van der Waals surface area contributed by atoms with Crippen molar-refractivity contribution in [3.8, 4) is 0 Å². The maximum atomic E-state index is 11.7. The lowest BCUT2D eigenvalue weighted by Crippen LogP contribution is -2.42. The Kier molecular flexibility index (Phi) is 5.18. The fourth-order valence-electron chi connectivity index (χ4n) is 1.64. The highest BCUT2D eigenvalue weighted by atomic mass is 35.5. The molecule has 1 fully saturated rings. The monoisotopic (exact) mass is 282 g/mol. The van der Waals surface area contributed by atoms with E-state index in [4.69, 9.17) is 21.2 Å². The van der Waals surface area contributed by atoms with Crippen LogP contribution >= 0.6 is 11.6 Å². The van der Waals surface area contributed by atoms with Crippen molar-refractivity contribution in [1.82, 2.24) is 4.90 Å². The molecule has 1 aliphatic heterocycles. The van der Waals surface area contributed by atoms with Crippen molar-refractivity contribution in [3.05, 3.63) is 34.9 Å². The van der Waals surface area contributed by atoms with Crippen LogP contribution in [0.4, 0.5) is 0 Å². The molecule has 19 heavy (non-hydrogen) atoms. The molecule has 102 valence electrons. The first-order valence-corrected chi connectivity index (χ1v) is 6.40. The number of carbonyl (C=O) groups excluding carboxylic acids is 1. The molecule has 0 unspecified atom stereocenters. The Balaban J connectivity index is 1.73. The summed E-state index contributed by atoms with van der Waals surface area (Å²) in [6.45, 7) is 2.34. The van der Waals surface area contributed by atoms with E-state index in [0.29, 0.717) is 31.3 Å². The summed E-state index contributed by atoms with van der Waals surface area (Å²) in [7, 11) is 0. The summed E-state index contributed by atoms with van der Waals surface area (Å²) >= 11 is 5.76. The number of nitrogens with zero attached hydrogens (tertiary/aromatic N) is 2. The van der Waals surface area contributed by atoms with E-state index in [1.807, 2.05) is 12.1 Å². The molecule has 1 saturated heterocycles. The Labute approximate surface area is 116 Å². The predicted molar refractivity (Wildman–Crippen MR) is 72.4 cm³/mol. The largest absolute Gasteiger partial charge is 0.386 e.